The van der Waals surface area contributed by atoms with Gasteiger partial charge in [0, 0.05) is 43.6 Å². The molecule has 8 nitrogen and oxygen atoms in total. The largest absolute Gasteiger partial charge is 0.339 e. The maximum atomic E-state index is 13.1. The summed E-state index contributed by atoms with van der Waals surface area (Å²) in [6.07, 6.45) is 6.86. The summed E-state index contributed by atoms with van der Waals surface area (Å²) in [6, 6.07) is 6.51. The van der Waals surface area contributed by atoms with Crippen LogP contribution in [0.15, 0.2) is 29.2 Å². The van der Waals surface area contributed by atoms with Crippen molar-refractivity contribution in [3.63, 3.8) is 0 Å². The number of H-pyrrole nitrogens is 1. The molecule has 166 valence electrons. The summed E-state index contributed by atoms with van der Waals surface area (Å²) in [4.78, 5) is 19.8. The Kier molecular flexibility index (Phi) is 5.56. The standard InChI is InChI=1S/C22H29N5O3S/c28-22(18-5-4-6-19(15-18)31(29,30)27-11-2-1-3-12-27)26-13-9-17(10-14-26)21-23-20(24-25-21)16-7-8-16/h4-6,15-17H,1-3,7-14H2,(H,23,24,25). The lowest BCUT2D eigenvalue weighted by molar-refractivity contribution is 0.0711. The third kappa shape index (κ3) is 4.25. The van der Waals surface area contributed by atoms with Crippen molar-refractivity contribution in [2.45, 2.75) is 61.7 Å². The zero-order valence-electron chi connectivity index (χ0n) is 17.7. The van der Waals surface area contributed by atoms with Gasteiger partial charge in [-0.3, -0.25) is 9.89 Å². The van der Waals surface area contributed by atoms with Crippen LogP contribution in [0.2, 0.25) is 0 Å². The number of likely N-dealkylation sites (tertiary alicyclic amines) is 1. The summed E-state index contributed by atoms with van der Waals surface area (Å²) in [5, 5.41) is 7.44. The molecule has 5 rings (SSSR count). The predicted octanol–water partition coefficient (Wildman–Crippen LogP) is 2.88. The van der Waals surface area contributed by atoms with E-state index in [-0.39, 0.29) is 16.7 Å². The van der Waals surface area contributed by atoms with Crippen LogP contribution in [0, 0.1) is 0 Å². The highest BCUT2D eigenvalue weighted by molar-refractivity contribution is 7.89. The smallest absolute Gasteiger partial charge is 0.253 e. The van der Waals surface area contributed by atoms with E-state index in [4.69, 9.17) is 0 Å². The van der Waals surface area contributed by atoms with Crippen molar-refractivity contribution in [1.29, 1.82) is 0 Å². The van der Waals surface area contributed by atoms with Gasteiger partial charge in [-0.25, -0.2) is 13.4 Å². The summed E-state index contributed by atoms with van der Waals surface area (Å²) < 4.78 is 27.5. The number of hydrogen-bond acceptors (Lipinski definition) is 5. The molecule has 0 unspecified atom stereocenters. The number of carbonyl (C=O) groups is 1. The average molecular weight is 444 g/mol. The summed E-state index contributed by atoms with van der Waals surface area (Å²) in [6.45, 7) is 2.37. The highest BCUT2D eigenvalue weighted by Crippen LogP contribution is 2.38. The van der Waals surface area contributed by atoms with Gasteiger partial charge in [-0.05, 0) is 56.7 Å². The molecule has 31 heavy (non-hydrogen) atoms. The number of nitrogens with one attached hydrogen (secondary N) is 1. The van der Waals surface area contributed by atoms with Crippen molar-refractivity contribution in [1.82, 2.24) is 24.4 Å². The first-order chi connectivity index (χ1) is 15.0. The second kappa shape index (κ2) is 8.35. The number of amides is 1. The quantitative estimate of drug-likeness (QED) is 0.766. The Bertz CT molecular complexity index is 1050. The normalized spacial score (nSPS) is 21.4. The Labute approximate surface area is 183 Å². The third-order valence-corrected chi connectivity index (χ3v) is 8.56. The summed E-state index contributed by atoms with van der Waals surface area (Å²) in [5.74, 6) is 2.57. The molecule has 1 aliphatic carbocycles. The van der Waals surface area contributed by atoms with Crippen LogP contribution in [-0.2, 0) is 10.0 Å². The van der Waals surface area contributed by atoms with Crippen molar-refractivity contribution in [2.24, 2.45) is 0 Å². The van der Waals surface area contributed by atoms with Crippen molar-refractivity contribution in [2.75, 3.05) is 26.2 Å². The molecule has 3 aliphatic rings. The maximum Gasteiger partial charge on any atom is 0.253 e. The minimum absolute atomic E-state index is 0.106. The highest BCUT2D eigenvalue weighted by atomic mass is 32.2. The SMILES string of the molecule is O=C(c1cccc(S(=O)(=O)N2CCCCC2)c1)N1CCC(c2nc(C3CC3)n[nH]2)CC1. The van der Waals surface area contributed by atoms with Crippen LogP contribution < -0.4 is 0 Å². The predicted molar refractivity (Wildman–Crippen MR) is 115 cm³/mol. The van der Waals surface area contributed by atoms with Crippen LogP contribution in [0.1, 0.15) is 78.8 Å². The van der Waals surface area contributed by atoms with Crippen molar-refractivity contribution >= 4 is 15.9 Å². The Hall–Kier alpha value is -2.26. The number of piperidine rings is 2. The van der Waals surface area contributed by atoms with Crippen molar-refractivity contribution in [3.8, 4) is 0 Å². The molecule has 2 saturated heterocycles. The van der Waals surface area contributed by atoms with E-state index in [1.165, 1.54) is 18.9 Å². The van der Waals surface area contributed by atoms with Gasteiger partial charge in [0.15, 0.2) is 5.82 Å². The molecule has 1 N–H and O–H groups in total. The Morgan fingerprint density at radius 2 is 1.71 bits per heavy atom. The van der Waals surface area contributed by atoms with Gasteiger partial charge in [-0.2, -0.15) is 9.40 Å². The summed E-state index contributed by atoms with van der Waals surface area (Å²) in [5.41, 5.74) is 0.437. The molecule has 0 radical (unpaired) electrons. The number of rotatable bonds is 5. The fourth-order valence-corrected chi connectivity index (χ4v) is 6.14. The molecule has 3 fully saturated rings. The lowest BCUT2D eigenvalue weighted by Crippen LogP contribution is -2.38. The van der Waals surface area contributed by atoms with Gasteiger partial charge < -0.3 is 4.90 Å². The van der Waals surface area contributed by atoms with E-state index in [0.29, 0.717) is 37.7 Å². The fourth-order valence-electron chi connectivity index (χ4n) is 4.58. The molecule has 1 aromatic heterocycles. The zero-order chi connectivity index (χ0) is 21.4. The van der Waals surface area contributed by atoms with E-state index in [0.717, 1.165) is 43.8 Å². The molecular formula is C22H29N5O3S. The van der Waals surface area contributed by atoms with Crippen molar-refractivity contribution < 1.29 is 13.2 Å². The van der Waals surface area contributed by atoms with Crippen LogP contribution >= 0.6 is 0 Å². The van der Waals surface area contributed by atoms with Gasteiger partial charge in [-0.1, -0.05) is 12.5 Å². The molecular weight excluding hydrogens is 414 g/mol. The van der Waals surface area contributed by atoms with E-state index in [2.05, 4.69) is 15.2 Å². The van der Waals surface area contributed by atoms with Crippen molar-refractivity contribution in [3.05, 3.63) is 41.5 Å². The van der Waals surface area contributed by atoms with E-state index < -0.39 is 10.0 Å². The molecule has 1 amide bonds. The Morgan fingerprint density at radius 1 is 0.968 bits per heavy atom. The Morgan fingerprint density at radius 3 is 2.42 bits per heavy atom. The first-order valence-electron chi connectivity index (χ1n) is 11.3. The third-order valence-electron chi connectivity index (χ3n) is 6.67. The fraction of sp³-hybridized carbons (Fsp3) is 0.591. The second-order valence-corrected chi connectivity index (χ2v) is 10.9. The van der Waals surface area contributed by atoms with Crippen LogP contribution in [0.25, 0.3) is 0 Å². The minimum atomic E-state index is -3.55. The Balaban J connectivity index is 1.25. The molecule has 1 aromatic carbocycles. The molecule has 2 aliphatic heterocycles. The minimum Gasteiger partial charge on any atom is -0.339 e. The van der Waals surface area contributed by atoms with Gasteiger partial charge in [0.05, 0.1) is 4.90 Å². The highest BCUT2D eigenvalue weighted by Gasteiger charge is 2.31. The van der Waals surface area contributed by atoms with E-state index in [1.54, 1.807) is 22.5 Å². The topological polar surface area (TPSA) is 99.3 Å². The summed E-state index contributed by atoms with van der Waals surface area (Å²) >= 11 is 0. The summed E-state index contributed by atoms with van der Waals surface area (Å²) in [7, 11) is -3.55. The van der Waals surface area contributed by atoms with Crippen LogP contribution in [0.3, 0.4) is 0 Å². The molecule has 0 bridgehead atoms. The number of aromatic nitrogens is 3. The van der Waals surface area contributed by atoms with Gasteiger partial charge in [0.1, 0.15) is 5.82 Å². The number of benzene rings is 1. The molecule has 0 spiro atoms. The first-order valence-corrected chi connectivity index (χ1v) is 12.8. The number of hydrogen-bond donors (Lipinski definition) is 1. The first kappa shape index (κ1) is 20.6. The molecule has 3 heterocycles. The van der Waals surface area contributed by atoms with E-state index in [9.17, 15) is 13.2 Å². The lowest BCUT2D eigenvalue weighted by Gasteiger charge is -2.31. The number of carbonyl (C=O) groups excluding carboxylic acids is 1. The van der Waals surface area contributed by atoms with Crippen LogP contribution in [0.4, 0.5) is 0 Å². The lowest BCUT2D eigenvalue weighted by atomic mass is 9.95. The molecule has 1 saturated carbocycles. The van der Waals surface area contributed by atoms with Gasteiger partial charge in [0.2, 0.25) is 10.0 Å². The van der Waals surface area contributed by atoms with Gasteiger partial charge in [-0.15, -0.1) is 0 Å². The molecule has 0 atom stereocenters. The number of nitrogens with zero attached hydrogens (tertiary/aromatic N) is 4. The zero-order valence-corrected chi connectivity index (χ0v) is 18.5. The second-order valence-electron chi connectivity index (χ2n) is 8.91. The number of sulfonamides is 1. The molecule has 9 heteroatoms. The van der Waals surface area contributed by atoms with Gasteiger partial charge >= 0.3 is 0 Å². The van der Waals surface area contributed by atoms with Gasteiger partial charge in [0.25, 0.3) is 5.91 Å². The van der Waals surface area contributed by atoms with E-state index >= 15 is 0 Å². The molecule has 2 aromatic rings. The van der Waals surface area contributed by atoms with Crippen LogP contribution in [0.5, 0.6) is 0 Å². The van der Waals surface area contributed by atoms with E-state index in [1.807, 2.05) is 4.90 Å². The monoisotopic (exact) mass is 443 g/mol. The number of aromatic amines is 1. The maximum absolute atomic E-state index is 13.1. The van der Waals surface area contributed by atoms with Crippen LogP contribution in [-0.4, -0.2) is 64.9 Å². The average Bonchev–Trinajstić information content (AvgIpc) is 3.56.